The van der Waals surface area contributed by atoms with Gasteiger partial charge in [-0.2, -0.15) is 0 Å². The number of ether oxygens (including phenoxy) is 1. The number of carbonyl (C=O) groups excluding carboxylic acids is 1. The highest BCUT2D eigenvalue weighted by atomic mass is 127. The van der Waals surface area contributed by atoms with Crippen LogP contribution in [-0.4, -0.2) is 17.3 Å². The van der Waals surface area contributed by atoms with Crippen molar-refractivity contribution >= 4 is 40.3 Å². The van der Waals surface area contributed by atoms with Crippen molar-refractivity contribution in [1.82, 2.24) is 0 Å². The van der Waals surface area contributed by atoms with Crippen molar-refractivity contribution in [2.45, 2.75) is 13.2 Å². The van der Waals surface area contributed by atoms with Crippen LogP contribution in [0.3, 0.4) is 0 Å². The molecular formula is C17H16INO3. The number of amides is 1. The van der Waals surface area contributed by atoms with E-state index in [4.69, 9.17) is 4.74 Å². The highest BCUT2D eigenvalue weighted by Gasteiger charge is 2.00. The summed E-state index contributed by atoms with van der Waals surface area (Å²) in [5.74, 6) is 0.346. The van der Waals surface area contributed by atoms with E-state index in [2.05, 4.69) is 27.9 Å². The minimum Gasteiger partial charge on any atom is -0.465 e. The summed E-state index contributed by atoms with van der Waals surface area (Å²) < 4.78 is 6.25. The van der Waals surface area contributed by atoms with Gasteiger partial charge in [-0.05, 0) is 71.5 Å². The molecule has 22 heavy (non-hydrogen) atoms. The van der Waals surface area contributed by atoms with Crippen LogP contribution in [0.1, 0.15) is 12.5 Å². The van der Waals surface area contributed by atoms with Gasteiger partial charge in [0.2, 0.25) is 5.91 Å². The number of carbonyl (C=O) groups is 1. The molecule has 1 unspecified atom stereocenters. The first-order valence-corrected chi connectivity index (χ1v) is 7.80. The quantitative estimate of drug-likeness (QED) is 0.450. The smallest absolute Gasteiger partial charge is 0.248 e. The Balaban J connectivity index is 2.00. The first kappa shape index (κ1) is 16.5. The van der Waals surface area contributed by atoms with E-state index in [0.717, 1.165) is 14.8 Å². The van der Waals surface area contributed by atoms with Gasteiger partial charge in [0.1, 0.15) is 5.75 Å². The van der Waals surface area contributed by atoms with Crippen molar-refractivity contribution < 1.29 is 14.6 Å². The summed E-state index contributed by atoms with van der Waals surface area (Å²) >= 11 is 2.19. The number of rotatable bonds is 5. The highest BCUT2D eigenvalue weighted by molar-refractivity contribution is 14.1. The third-order valence-corrected chi connectivity index (χ3v) is 3.36. The van der Waals surface area contributed by atoms with E-state index in [1.54, 1.807) is 24.3 Å². The van der Waals surface area contributed by atoms with Crippen LogP contribution in [0.5, 0.6) is 5.75 Å². The molecule has 0 bridgehead atoms. The number of hydrogen-bond donors (Lipinski definition) is 2. The second kappa shape index (κ2) is 7.95. The van der Waals surface area contributed by atoms with Gasteiger partial charge >= 0.3 is 0 Å². The molecule has 1 atom stereocenters. The molecule has 0 aliphatic carbocycles. The van der Waals surface area contributed by atoms with Crippen LogP contribution < -0.4 is 10.1 Å². The molecule has 0 heterocycles. The molecule has 0 aromatic heterocycles. The Morgan fingerprint density at radius 1 is 1.27 bits per heavy atom. The van der Waals surface area contributed by atoms with Crippen molar-refractivity contribution in [2.75, 3.05) is 5.32 Å². The van der Waals surface area contributed by atoms with Gasteiger partial charge in [0.05, 0.1) is 0 Å². The lowest BCUT2D eigenvalue weighted by Crippen LogP contribution is -2.09. The van der Waals surface area contributed by atoms with E-state index < -0.39 is 6.29 Å². The van der Waals surface area contributed by atoms with Crippen LogP contribution in [0.4, 0.5) is 5.69 Å². The maximum absolute atomic E-state index is 11.9. The zero-order valence-corrected chi connectivity index (χ0v) is 14.2. The lowest BCUT2D eigenvalue weighted by molar-refractivity contribution is -0.111. The zero-order valence-electron chi connectivity index (χ0n) is 12.0. The normalized spacial score (nSPS) is 12.1. The van der Waals surface area contributed by atoms with Crippen LogP contribution >= 0.6 is 22.6 Å². The van der Waals surface area contributed by atoms with Gasteiger partial charge in [-0.3, -0.25) is 4.79 Å². The van der Waals surface area contributed by atoms with Gasteiger partial charge in [0.25, 0.3) is 0 Å². The molecule has 114 valence electrons. The minimum atomic E-state index is -0.872. The Hall–Kier alpha value is -1.86. The lowest BCUT2D eigenvalue weighted by Gasteiger charge is -2.08. The molecule has 0 aliphatic heterocycles. The molecule has 0 radical (unpaired) electrons. The Morgan fingerprint density at radius 3 is 2.77 bits per heavy atom. The molecule has 0 fully saturated rings. The molecule has 2 aromatic carbocycles. The summed E-state index contributed by atoms with van der Waals surface area (Å²) in [7, 11) is 0. The van der Waals surface area contributed by atoms with Crippen molar-refractivity contribution in [3.05, 3.63) is 63.7 Å². The fourth-order valence-corrected chi connectivity index (χ4v) is 2.35. The van der Waals surface area contributed by atoms with Crippen molar-refractivity contribution in [2.24, 2.45) is 0 Å². The molecule has 0 saturated heterocycles. The largest absolute Gasteiger partial charge is 0.465 e. The summed E-state index contributed by atoms with van der Waals surface area (Å²) in [6.07, 6.45) is 2.28. The fourth-order valence-electron chi connectivity index (χ4n) is 1.81. The third kappa shape index (κ3) is 5.50. The number of aliphatic hydroxyl groups is 1. The summed E-state index contributed by atoms with van der Waals surface area (Å²) in [5, 5.41) is 12.0. The highest BCUT2D eigenvalue weighted by Crippen LogP contribution is 2.16. The number of anilines is 1. The van der Waals surface area contributed by atoms with E-state index in [0.29, 0.717) is 5.75 Å². The maximum atomic E-state index is 11.9. The summed E-state index contributed by atoms with van der Waals surface area (Å²) in [4.78, 5) is 11.9. The van der Waals surface area contributed by atoms with Crippen molar-refractivity contribution in [3.8, 4) is 5.75 Å². The van der Waals surface area contributed by atoms with Gasteiger partial charge in [0.15, 0.2) is 6.29 Å². The Labute approximate surface area is 143 Å². The summed E-state index contributed by atoms with van der Waals surface area (Å²) in [6, 6.07) is 14.7. The predicted molar refractivity (Wildman–Crippen MR) is 95.6 cm³/mol. The Bertz CT molecular complexity index is 683. The predicted octanol–water partition coefficient (Wildman–Crippen LogP) is 3.66. The first-order valence-electron chi connectivity index (χ1n) is 6.72. The Kier molecular flexibility index (Phi) is 5.97. The number of benzene rings is 2. The Morgan fingerprint density at radius 2 is 2.05 bits per heavy atom. The molecule has 1 amide bonds. The van der Waals surface area contributed by atoms with Crippen LogP contribution in [-0.2, 0) is 4.79 Å². The van der Waals surface area contributed by atoms with E-state index in [1.807, 2.05) is 30.3 Å². The molecule has 0 aliphatic rings. The van der Waals surface area contributed by atoms with Gasteiger partial charge in [-0.1, -0.05) is 18.2 Å². The summed E-state index contributed by atoms with van der Waals surface area (Å²) in [5.41, 5.74) is 1.57. The molecule has 2 rings (SSSR count). The fraction of sp³-hybridized carbons (Fsp3) is 0.118. The van der Waals surface area contributed by atoms with E-state index in [9.17, 15) is 9.90 Å². The van der Waals surface area contributed by atoms with E-state index >= 15 is 0 Å². The maximum Gasteiger partial charge on any atom is 0.248 e. The van der Waals surface area contributed by atoms with Crippen LogP contribution in [0, 0.1) is 3.57 Å². The van der Waals surface area contributed by atoms with Crippen LogP contribution in [0.2, 0.25) is 0 Å². The van der Waals surface area contributed by atoms with Gasteiger partial charge in [-0.25, -0.2) is 0 Å². The monoisotopic (exact) mass is 409 g/mol. The average molecular weight is 409 g/mol. The van der Waals surface area contributed by atoms with Gasteiger partial charge in [0, 0.05) is 15.3 Å². The number of hydrogen-bond acceptors (Lipinski definition) is 3. The molecule has 4 nitrogen and oxygen atoms in total. The van der Waals surface area contributed by atoms with Crippen molar-refractivity contribution in [3.63, 3.8) is 0 Å². The number of halogens is 1. The number of aliphatic hydroxyl groups excluding tert-OH is 1. The third-order valence-electron chi connectivity index (χ3n) is 2.68. The average Bonchev–Trinajstić information content (AvgIpc) is 2.45. The van der Waals surface area contributed by atoms with Gasteiger partial charge in [-0.15, -0.1) is 0 Å². The molecule has 0 spiro atoms. The summed E-state index contributed by atoms with van der Waals surface area (Å²) in [6.45, 7) is 1.54. The molecule has 2 aromatic rings. The second-order valence-electron chi connectivity index (χ2n) is 4.62. The lowest BCUT2D eigenvalue weighted by atomic mass is 10.2. The van der Waals surface area contributed by atoms with Gasteiger partial charge < -0.3 is 15.2 Å². The molecule has 5 heteroatoms. The number of nitrogens with one attached hydrogen (secondary N) is 1. The molecule has 0 saturated carbocycles. The molecule has 2 N–H and O–H groups in total. The molecular weight excluding hydrogens is 393 g/mol. The standard InChI is InChI=1S/C17H16INO3/c1-12(20)22-16-7-2-4-13(10-16)8-9-17(21)19-15-6-3-5-14(18)11-15/h2-12,20H,1H3,(H,19,21)/b9-8+. The second-order valence-corrected chi connectivity index (χ2v) is 5.87. The van der Waals surface area contributed by atoms with Crippen molar-refractivity contribution in [1.29, 1.82) is 0 Å². The van der Waals surface area contributed by atoms with Crippen LogP contribution in [0.25, 0.3) is 6.08 Å². The van der Waals surface area contributed by atoms with Crippen LogP contribution in [0.15, 0.2) is 54.6 Å². The topological polar surface area (TPSA) is 58.6 Å². The minimum absolute atomic E-state index is 0.205. The van der Waals surface area contributed by atoms with E-state index in [-0.39, 0.29) is 5.91 Å². The zero-order chi connectivity index (χ0) is 15.9. The first-order chi connectivity index (χ1) is 10.5. The van der Waals surface area contributed by atoms with E-state index in [1.165, 1.54) is 13.0 Å². The SMILES string of the molecule is CC(O)Oc1cccc(/C=C/C(=O)Nc2cccc(I)c2)c1.